The van der Waals surface area contributed by atoms with Crippen molar-refractivity contribution in [1.82, 2.24) is 20.0 Å². The fourth-order valence-electron chi connectivity index (χ4n) is 3.68. The van der Waals surface area contributed by atoms with E-state index in [-0.39, 0.29) is 18.0 Å². The molecule has 32 heavy (non-hydrogen) atoms. The van der Waals surface area contributed by atoms with Gasteiger partial charge in [-0.05, 0) is 17.7 Å². The van der Waals surface area contributed by atoms with E-state index in [0.29, 0.717) is 11.3 Å². The predicted octanol–water partition coefficient (Wildman–Crippen LogP) is -1.67. The highest BCUT2D eigenvalue weighted by molar-refractivity contribution is 5.74. The normalized spacial score (nSPS) is 28.0. The standard InChI is InChI=1S/C19H24N6O7/c20-16-13-17(24(7-21-13)18-15(29)14(28)12(6-26)32-18)22-8-25(16)23-11(19(30)31)5-9-1-3-10(27)4-2-9/h1-4,7-8,11-12,14-16,18,23,26-29H,5-6,20H2,(H,30,31)/t11-,12+,14?,15?,16?,18+/m0/s1. The van der Waals surface area contributed by atoms with Gasteiger partial charge in [-0.2, -0.15) is 0 Å². The van der Waals surface area contributed by atoms with Gasteiger partial charge in [0.1, 0.15) is 48.3 Å². The molecule has 2 aliphatic heterocycles. The van der Waals surface area contributed by atoms with Gasteiger partial charge in [0.2, 0.25) is 0 Å². The van der Waals surface area contributed by atoms with Crippen LogP contribution in [-0.2, 0) is 16.0 Å². The van der Waals surface area contributed by atoms with Crippen LogP contribution in [0.15, 0.2) is 35.6 Å². The Labute approximate surface area is 182 Å². The highest BCUT2D eigenvalue weighted by atomic mass is 16.6. The number of carboxylic acids is 1. The number of nitrogens with two attached hydrogens (primary N) is 1. The first kappa shape index (κ1) is 22.1. The number of imidazole rings is 1. The molecule has 0 bridgehead atoms. The highest BCUT2D eigenvalue weighted by Crippen LogP contribution is 2.36. The minimum absolute atomic E-state index is 0.0797. The number of phenols is 1. The van der Waals surface area contributed by atoms with Gasteiger partial charge < -0.3 is 36.0 Å². The van der Waals surface area contributed by atoms with Crippen molar-refractivity contribution in [1.29, 1.82) is 0 Å². The molecule has 13 heteroatoms. The molecule has 3 heterocycles. The lowest BCUT2D eigenvalue weighted by Crippen LogP contribution is -2.53. The number of benzene rings is 1. The number of hydrazine groups is 1. The van der Waals surface area contributed by atoms with Gasteiger partial charge >= 0.3 is 5.97 Å². The van der Waals surface area contributed by atoms with Gasteiger partial charge in [-0.1, -0.05) is 12.1 Å². The van der Waals surface area contributed by atoms with E-state index in [9.17, 15) is 30.3 Å². The summed E-state index contributed by atoms with van der Waals surface area (Å²) < 4.78 is 6.91. The number of hydrogen-bond donors (Lipinski definition) is 7. The SMILES string of the molecule is NC1c2ncn([C@@H]3O[C@H](CO)C(O)C3O)c2N=CN1N[C@@H](Cc1ccc(O)cc1)C(=O)O. The number of aromatic nitrogens is 2. The van der Waals surface area contributed by atoms with Crippen molar-refractivity contribution in [3.63, 3.8) is 0 Å². The lowest BCUT2D eigenvalue weighted by Gasteiger charge is -2.32. The average Bonchev–Trinajstić information content (AvgIpc) is 3.32. The van der Waals surface area contributed by atoms with Crippen LogP contribution in [0, 0.1) is 0 Å². The summed E-state index contributed by atoms with van der Waals surface area (Å²) in [5.41, 5.74) is 10.1. The van der Waals surface area contributed by atoms with Crippen LogP contribution in [0.5, 0.6) is 5.75 Å². The first-order valence-corrected chi connectivity index (χ1v) is 9.84. The molecule has 0 saturated carbocycles. The van der Waals surface area contributed by atoms with Gasteiger partial charge in [0.15, 0.2) is 12.0 Å². The molecule has 172 valence electrons. The Hall–Kier alpha value is -3.07. The highest BCUT2D eigenvalue weighted by Gasteiger charge is 2.45. The molecule has 0 radical (unpaired) electrons. The van der Waals surface area contributed by atoms with Crippen molar-refractivity contribution >= 4 is 18.1 Å². The predicted molar refractivity (Wildman–Crippen MR) is 109 cm³/mol. The second-order valence-corrected chi connectivity index (χ2v) is 7.58. The van der Waals surface area contributed by atoms with Crippen LogP contribution in [0.2, 0.25) is 0 Å². The molecule has 1 fully saturated rings. The molecule has 13 nitrogen and oxygen atoms in total. The third kappa shape index (κ3) is 4.04. The summed E-state index contributed by atoms with van der Waals surface area (Å²) in [4.78, 5) is 20.3. The summed E-state index contributed by atoms with van der Waals surface area (Å²) in [7, 11) is 0. The Morgan fingerprint density at radius 1 is 1.25 bits per heavy atom. The molecule has 8 N–H and O–H groups in total. The van der Waals surface area contributed by atoms with Gasteiger partial charge in [-0.15, -0.1) is 0 Å². The van der Waals surface area contributed by atoms with E-state index >= 15 is 0 Å². The number of nitrogens with zero attached hydrogens (tertiary/aromatic N) is 4. The lowest BCUT2D eigenvalue weighted by molar-refractivity contribution is -0.140. The number of aliphatic imine (C=N–C) groups is 1. The number of aliphatic hydroxyl groups excluding tert-OH is 3. The maximum Gasteiger partial charge on any atom is 0.322 e. The van der Waals surface area contributed by atoms with E-state index < -0.39 is 49.3 Å². The molecular formula is C19H24N6O7. The topological polar surface area (TPSA) is 199 Å². The van der Waals surface area contributed by atoms with Crippen molar-refractivity contribution in [2.75, 3.05) is 6.61 Å². The summed E-state index contributed by atoms with van der Waals surface area (Å²) in [6.07, 6.45) is -2.70. The number of rotatable bonds is 7. The van der Waals surface area contributed by atoms with Crippen molar-refractivity contribution in [3.8, 4) is 5.75 Å². The molecule has 1 aromatic heterocycles. The maximum absolute atomic E-state index is 11.8. The minimum Gasteiger partial charge on any atom is -0.508 e. The third-order valence-corrected chi connectivity index (χ3v) is 5.45. The van der Waals surface area contributed by atoms with Crippen LogP contribution in [0.25, 0.3) is 0 Å². The first-order valence-electron chi connectivity index (χ1n) is 9.84. The molecule has 4 rings (SSSR count). The number of aliphatic hydroxyl groups is 3. The number of aromatic hydroxyl groups is 1. The lowest BCUT2D eigenvalue weighted by atomic mass is 10.1. The zero-order chi connectivity index (χ0) is 23.0. The molecule has 1 saturated heterocycles. The van der Waals surface area contributed by atoms with E-state index in [4.69, 9.17) is 10.5 Å². The average molecular weight is 448 g/mol. The van der Waals surface area contributed by atoms with Gasteiger partial charge in [0.05, 0.1) is 12.9 Å². The number of carbonyl (C=O) groups is 1. The largest absolute Gasteiger partial charge is 0.508 e. The smallest absolute Gasteiger partial charge is 0.322 e. The van der Waals surface area contributed by atoms with Gasteiger partial charge in [0.25, 0.3) is 0 Å². The van der Waals surface area contributed by atoms with Gasteiger partial charge in [-0.3, -0.25) is 14.4 Å². The quantitative estimate of drug-likeness (QED) is 0.256. The van der Waals surface area contributed by atoms with Crippen molar-refractivity contribution in [2.24, 2.45) is 10.7 Å². The molecule has 2 aliphatic rings. The minimum atomic E-state index is -1.31. The fraction of sp³-hybridized carbons (Fsp3) is 0.421. The summed E-state index contributed by atoms with van der Waals surface area (Å²) in [6, 6.07) is 5.15. The number of hydrogen-bond acceptors (Lipinski definition) is 11. The molecular weight excluding hydrogens is 424 g/mol. The summed E-state index contributed by atoms with van der Waals surface area (Å²) >= 11 is 0. The van der Waals surface area contributed by atoms with Crippen LogP contribution in [0.4, 0.5) is 5.82 Å². The van der Waals surface area contributed by atoms with Crippen molar-refractivity contribution in [2.45, 2.75) is 43.2 Å². The van der Waals surface area contributed by atoms with E-state index in [1.165, 1.54) is 34.4 Å². The van der Waals surface area contributed by atoms with Crippen LogP contribution >= 0.6 is 0 Å². The monoisotopic (exact) mass is 448 g/mol. The van der Waals surface area contributed by atoms with Crippen molar-refractivity contribution in [3.05, 3.63) is 41.9 Å². The van der Waals surface area contributed by atoms with Gasteiger partial charge in [0, 0.05) is 6.42 Å². The summed E-state index contributed by atoms with van der Waals surface area (Å²) in [5, 5.41) is 49.9. The van der Waals surface area contributed by atoms with Crippen LogP contribution in [0.1, 0.15) is 23.7 Å². The Bertz CT molecular complexity index is 997. The van der Waals surface area contributed by atoms with Crippen molar-refractivity contribution < 1.29 is 35.1 Å². The van der Waals surface area contributed by atoms with Gasteiger partial charge in [-0.25, -0.2) is 15.4 Å². The Morgan fingerprint density at radius 3 is 2.59 bits per heavy atom. The number of nitrogens with one attached hydrogen (secondary N) is 1. The zero-order valence-corrected chi connectivity index (χ0v) is 16.8. The maximum atomic E-state index is 11.8. The Balaban J connectivity index is 1.51. The van der Waals surface area contributed by atoms with E-state index in [1.807, 2.05) is 0 Å². The number of fused-ring (bicyclic) bond motifs is 1. The number of aliphatic carboxylic acids is 1. The molecule has 0 amide bonds. The summed E-state index contributed by atoms with van der Waals surface area (Å²) in [5.74, 6) is -0.756. The zero-order valence-electron chi connectivity index (χ0n) is 16.8. The van der Waals surface area contributed by atoms with E-state index in [0.717, 1.165) is 0 Å². The second kappa shape index (κ2) is 8.82. The van der Waals surface area contributed by atoms with Crippen LogP contribution in [0.3, 0.4) is 0 Å². The molecule has 1 aromatic carbocycles. The number of phenolic OH excluding ortho intramolecular Hbond substituents is 1. The second-order valence-electron chi connectivity index (χ2n) is 7.58. The third-order valence-electron chi connectivity index (χ3n) is 5.45. The molecule has 0 spiro atoms. The van der Waals surface area contributed by atoms with Crippen LogP contribution < -0.4 is 11.2 Å². The Morgan fingerprint density at radius 2 is 1.97 bits per heavy atom. The van der Waals surface area contributed by atoms with E-state index in [1.54, 1.807) is 12.1 Å². The van der Waals surface area contributed by atoms with E-state index in [2.05, 4.69) is 15.4 Å². The number of carboxylic acid groups (broad SMARTS) is 1. The molecule has 3 unspecified atom stereocenters. The fourth-order valence-corrected chi connectivity index (χ4v) is 3.68. The molecule has 6 atom stereocenters. The first-order chi connectivity index (χ1) is 15.3. The van der Waals surface area contributed by atoms with Crippen LogP contribution in [-0.4, -0.2) is 83.4 Å². The molecule has 0 aliphatic carbocycles. The number of ether oxygens (including phenoxy) is 1. The summed E-state index contributed by atoms with van der Waals surface area (Å²) in [6.45, 7) is -0.469. The Kier molecular flexibility index (Phi) is 6.10. The molecule has 2 aromatic rings.